The Morgan fingerprint density at radius 3 is 1.89 bits per heavy atom. The molecule has 44 valence electrons. The zero-order chi connectivity index (χ0) is 6.69. The van der Waals surface area contributed by atoms with Crippen molar-refractivity contribution in [3.8, 4) is 22.4 Å². The van der Waals surface area contributed by atoms with Crippen LogP contribution in [0.15, 0.2) is 24.3 Å². The van der Waals surface area contributed by atoms with Crippen molar-refractivity contribution in [1.82, 2.24) is 0 Å². The van der Waals surface area contributed by atoms with Gasteiger partial charge in [0, 0.05) is 15.9 Å². The summed E-state index contributed by atoms with van der Waals surface area (Å²) in [6.07, 6.45) is 4.51. The molecule has 0 saturated carbocycles. The summed E-state index contributed by atoms with van der Waals surface area (Å²) in [5.74, 6) is 0. The van der Waals surface area contributed by atoms with Gasteiger partial charge in [-0.1, -0.05) is 18.2 Å². The van der Waals surface area contributed by atoms with Crippen LogP contribution < -0.4 is 0 Å². The highest BCUT2D eigenvalue weighted by atomic mass is 79.9. The highest BCUT2D eigenvalue weighted by Gasteiger charge is 2.06. The van der Waals surface area contributed by atoms with E-state index in [0.29, 0.717) is 0 Å². The monoisotopic (exact) mass is 180 g/mol. The standard InChI is InChI=1S/C6H4.C2HBr/c1-2-5-4-6(5)3-1;1-2-3/h1-4H;1H. The van der Waals surface area contributed by atoms with E-state index in [1.807, 2.05) is 0 Å². The molecule has 0 N–H and O–H groups in total. The van der Waals surface area contributed by atoms with Gasteiger partial charge in [-0.25, -0.2) is 0 Å². The molecule has 0 nitrogen and oxygen atoms in total. The first-order chi connectivity index (χ1) is 4.38. The number of benzene rings is 1. The first kappa shape index (κ1) is 6.38. The SMILES string of the molecule is C#CBr.c1cc2cc-2c1. The predicted octanol–water partition coefficient (Wildman–Crippen LogP) is 2.64. The molecule has 0 aromatic carbocycles. The smallest absolute Gasteiger partial charge is 0.0103 e. The molecule has 0 bridgehead atoms. The fourth-order valence-corrected chi connectivity index (χ4v) is 0.676. The van der Waals surface area contributed by atoms with Crippen LogP contribution in [0.3, 0.4) is 0 Å². The molecule has 0 heterocycles. The molecule has 2 aliphatic rings. The van der Waals surface area contributed by atoms with Crippen LogP contribution in [-0.4, -0.2) is 0 Å². The van der Waals surface area contributed by atoms with Crippen LogP contribution in [0.2, 0.25) is 0 Å². The van der Waals surface area contributed by atoms with E-state index < -0.39 is 0 Å². The van der Waals surface area contributed by atoms with Gasteiger partial charge in [0.1, 0.15) is 0 Å². The van der Waals surface area contributed by atoms with Gasteiger partial charge in [0.25, 0.3) is 0 Å². The fraction of sp³-hybridized carbons (Fsp3) is 0. The molecule has 0 aromatic rings. The maximum atomic E-state index is 4.51. The van der Waals surface area contributed by atoms with Crippen LogP contribution in [-0.2, 0) is 0 Å². The Hall–Kier alpha value is -0.740. The number of halogens is 1. The minimum atomic E-state index is 1.43. The van der Waals surface area contributed by atoms with E-state index in [9.17, 15) is 0 Å². The molecule has 0 saturated heterocycles. The second kappa shape index (κ2) is 2.70. The molecule has 0 aromatic heterocycles. The van der Waals surface area contributed by atoms with Crippen molar-refractivity contribution >= 4 is 15.9 Å². The zero-order valence-corrected chi connectivity index (χ0v) is 6.35. The third-order valence-corrected chi connectivity index (χ3v) is 1.11. The fourth-order valence-electron chi connectivity index (χ4n) is 0.676. The van der Waals surface area contributed by atoms with Crippen molar-refractivity contribution in [2.24, 2.45) is 0 Å². The summed E-state index contributed by atoms with van der Waals surface area (Å²) in [5.41, 5.74) is 2.85. The lowest BCUT2D eigenvalue weighted by atomic mass is 10.6. The van der Waals surface area contributed by atoms with Gasteiger partial charge >= 0.3 is 0 Å². The average Bonchev–Trinajstić information content (AvgIpc) is 2.43. The van der Waals surface area contributed by atoms with E-state index in [0.717, 1.165) is 0 Å². The van der Waals surface area contributed by atoms with E-state index >= 15 is 0 Å². The van der Waals surface area contributed by atoms with Gasteiger partial charge in [-0.3, -0.25) is 0 Å². The van der Waals surface area contributed by atoms with E-state index in [1.165, 1.54) is 11.1 Å². The lowest BCUT2D eigenvalue weighted by Crippen LogP contribution is -1.23. The van der Waals surface area contributed by atoms with E-state index in [4.69, 9.17) is 0 Å². The lowest BCUT2D eigenvalue weighted by Gasteiger charge is -1.48. The van der Waals surface area contributed by atoms with Crippen molar-refractivity contribution in [3.05, 3.63) is 24.3 Å². The van der Waals surface area contributed by atoms with Gasteiger partial charge < -0.3 is 0 Å². The molecule has 2 rings (SSSR count). The molecule has 0 amide bonds. The Morgan fingerprint density at radius 2 is 1.78 bits per heavy atom. The third-order valence-electron chi connectivity index (χ3n) is 1.11. The van der Waals surface area contributed by atoms with Gasteiger partial charge in [0.15, 0.2) is 0 Å². The Labute approximate surface area is 63.0 Å². The van der Waals surface area contributed by atoms with Crippen molar-refractivity contribution in [3.63, 3.8) is 0 Å². The second-order valence-corrected chi connectivity index (χ2v) is 2.15. The largest absolute Gasteiger partial charge is 0.108 e. The maximum Gasteiger partial charge on any atom is 0.0103 e. The molecular weight excluding hydrogens is 176 g/mol. The lowest BCUT2D eigenvalue weighted by molar-refractivity contribution is 2.01. The quantitative estimate of drug-likeness (QED) is 0.548. The summed E-state index contributed by atoms with van der Waals surface area (Å²) in [4.78, 5) is 2.06. The number of fused-ring (bicyclic) bond motifs is 1. The van der Waals surface area contributed by atoms with Gasteiger partial charge in [-0.05, 0) is 22.0 Å². The number of hydrogen-bond donors (Lipinski definition) is 0. The van der Waals surface area contributed by atoms with Crippen molar-refractivity contribution in [2.45, 2.75) is 0 Å². The van der Waals surface area contributed by atoms with Crippen molar-refractivity contribution in [1.29, 1.82) is 0 Å². The zero-order valence-electron chi connectivity index (χ0n) is 4.76. The Morgan fingerprint density at radius 1 is 1.33 bits per heavy atom. The molecular formula is C8H5Br. The van der Waals surface area contributed by atoms with Gasteiger partial charge in [-0.15, -0.1) is 6.42 Å². The molecule has 0 spiro atoms. The van der Waals surface area contributed by atoms with Crippen LogP contribution in [0.5, 0.6) is 0 Å². The van der Waals surface area contributed by atoms with Gasteiger partial charge in [-0.2, -0.15) is 0 Å². The summed E-state index contributed by atoms with van der Waals surface area (Å²) in [7, 11) is 0. The first-order valence-electron chi connectivity index (χ1n) is 2.55. The van der Waals surface area contributed by atoms with Crippen LogP contribution in [0.1, 0.15) is 0 Å². The van der Waals surface area contributed by atoms with Gasteiger partial charge in [0.2, 0.25) is 0 Å². The summed E-state index contributed by atoms with van der Waals surface area (Å²) in [6.45, 7) is 0. The normalized spacial score (nSPS) is 8.44. The minimum Gasteiger partial charge on any atom is -0.108 e. The number of terminal acetylenes is 1. The molecule has 2 aliphatic carbocycles. The van der Waals surface area contributed by atoms with Crippen molar-refractivity contribution in [2.75, 3.05) is 0 Å². The molecule has 0 atom stereocenters. The number of rotatable bonds is 0. The summed E-state index contributed by atoms with van der Waals surface area (Å²) >= 11 is 2.67. The molecule has 0 fully saturated rings. The minimum absolute atomic E-state index is 1.43. The van der Waals surface area contributed by atoms with Crippen LogP contribution >= 0.6 is 15.9 Å². The first-order valence-corrected chi connectivity index (χ1v) is 3.34. The molecule has 0 aliphatic heterocycles. The Bertz CT molecular complexity index is 228. The maximum absolute atomic E-state index is 4.51. The van der Waals surface area contributed by atoms with E-state index in [-0.39, 0.29) is 0 Å². The summed E-state index contributed by atoms with van der Waals surface area (Å²) in [5, 5.41) is 0. The highest BCUT2D eigenvalue weighted by molar-refractivity contribution is 9.12. The van der Waals surface area contributed by atoms with E-state index in [1.54, 1.807) is 0 Å². The average molecular weight is 181 g/mol. The second-order valence-electron chi connectivity index (χ2n) is 1.69. The van der Waals surface area contributed by atoms with Crippen LogP contribution in [0.25, 0.3) is 11.1 Å². The molecule has 0 unspecified atom stereocenters. The molecule has 1 heteroatoms. The highest BCUT2D eigenvalue weighted by Crippen LogP contribution is 2.32. The summed E-state index contributed by atoms with van der Waals surface area (Å²) in [6, 6.07) is 8.48. The Kier molecular flexibility index (Phi) is 1.92. The van der Waals surface area contributed by atoms with Crippen LogP contribution in [0.4, 0.5) is 0 Å². The topological polar surface area (TPSA) is 0 Å². The molecule has 0 radical (unpaired) electrons. The number of hydrogen-bond acceptors (Lipinski definition) is 0. The van der Waals surface area contributed by atoms with E-state index in [2.05, 4.69) is 51.4 Å². The molecule has 9 heavy (non-hydrogen) atoms. The predicted molar refractivity (Wildman–Crippen MR) is 43.2 cm³/mol. The Balaban J connectivity index is 0.000000120. The summed E-state index contributed by atoms with van der Waals surface area (Å²) < 4.78 is 0. The third kappa shape index (κ3) is 1.58. The van der Waals surface area contributed by atoms with Crippen molar-refractivity contribution < 1.29 is 0 Å². The van der Waals surface area contributed by atoms with Gasteiger partial charge in [0.05, 0.1) is 0 Å². The van der Waals surface area contributed by atoms with Crippen LogP contribution in [0, 0.1) is 11.3 Å².